The molecule has 1 aliphatic heterocycles. The number of carbonyl (C=O) groups is 2. The summed E-state index contributed by atoms with van der Waals surface area (Å²) in [6.07, 6.45) is 1.75. The van der Waals surface area contributed by atoms with Gasteiger partial charge in [0.15, 0.2) is 0 Å². The molecule has 1 unspecified atom stereocenters. The maximum Gasteiger partial charge on any atom is 0.228 e. The van der Waals surface area contributed by atoms with Gasteiger partial charge in [-0.15, -0.1) is 11.3 Å². The molecule has 132 valence electrons. The van der Waals surface area contributed by atoms with Crippen LogP contribution in [0, 0.1) is 0 Å². The zero-order chi connectivity index (χ0) is 17.8. The Morgan fingerprint density at radius 2 is 2.32 bits per heavy atom. The fourth-order valence-electron chi connectivity index (χ4n) is 2.86. The summed E-state index contributed by atoms with van der Waals surface area (Å²) >= 11 is 1.64. The minimum absolute atomic E-state index is 0.142. The van der Waals surface area contributed by atoms with Gasteiger partial charge >= 0.3 is 0 Å². The first kappa shape index (κ1) is 17.4. The monoisotopic (exact) mass is 359 g/mol. The summed E-state index contributed by atoms with van der Waals surface area (Å²) in [6.45, 7) is 2.58. The van der Waals surface area contributed by atoms with Crippen LogP contribution in [0.5, 0.6) is 5.75 Å². The average molecular weight is 359 g/mol. The van der Waals surface area contributed by atoms with Crippen LogP contribution in [0.2, 0.25) is 0 Å². The van der Waals surface area contributed by atoms with Crippen molar-refractivity contribution in [3.05, 3.63) is 39.8 Å². The Hall–Kier alpha value is -2.41. The number of amides is 2. The van der Waals surface area contributed by atoms with Gasteiger partial charge in [-0.05, 0) is 30.2 Å². The van der Waals surface area contributed by atoms with E-state index >= 15 is 0 Å². The molecular formula is C18H21N3O3S. The molecule has 1 atom stereocenters. The highest BCUT2D eigenvalue weighted by molar-refractivity contribution is 7.09. The standard InChI is InChI=1S/C18H21N3O3S/c1-3-17-20-11(10-25-17)6-7-19-18(23)14-9-16(22)21-15-5-4-12(24-2)8-13(14)15/h4-5,8,10,14H,3,6-7,9H2,1-2H3,(H,19,23)(H,21,22). The molecule has 0 fully saturated rings. The van der Waals surface area contributed by atoms with Crippen LogP contribution in [0.15, 0.2) is 23.6 Å². The molecule has 2 amide bonds. The molecule has 1 aromatic heterocycles. The Labute approximate surface area is 150 Å². The number of carbonyl (C=O) groups excluding carboxylic acids is 2. The molecule has 0 saturated heterocycles. The van der Waals surface area contributed by atoms with Crippen LogP contribution in [0.25, 0.3) is 0 Å². The van der Waals surface area contributed by atoms with Crippen molar-refractivity contribution < 1.29 is 14.3 Å². The van der Waals surface area contributed by atoms with Crippen LogP contribution in [0.1, 0.15) is 35.5 Å². The first-order valence-electron chi connectivity index (χ1n) is 8.29. The summed E-state index contributed by atoms with van der Waals surface area (Å²) in [5, 5.41) is 8.87. The maximum atomic E-state index is 12.6. The Morgan fingerprint density at radius 3 is 3.04 bits per heavy atom. The number of nitrogens with zero attached hydrogens (tertiary/aromatic N) is 1. The van der Waals surface area contributed by atoms with Gasteiger partial charge in [0.1, 0.15) is 5.75 Å². The predicted molar refractivity (Wildman–Crippen MR) is 97.2 cm³/mol. The molecule has 1 aliphatic rings. The van der Waals surface area contributed by atoms with Gasteiger partial charge < -0.3 is 15.4 Å². The van der Waals surface area contributed by atoms with Crippen LogP contribution in [0.4, 0.5) is 5.69 Å². The van der Waals surface area contributed by atoms with Crippen molar-refractivity contribution in [2.24, 2.45) is 0 Å². The number of thiazole rings is 1. The Bertz CT molecular complexity index is 788. The summed E-state index contributed by atoms with van der Waals surface area (Å²) in [7, 11) is 1.58. The van der Waals surface area contributed by atoms with E-state index in [2.05, 4.69) is 22.5 Å². The normalized spacial score (nSPS) is 16.1. The third-order valence-electron chi connectivity index (χ3n) is 4.20. The van der Waals surface area contributed by atoms with E-state index in [1.165, 1.54) is 0 Å². The quantitative estimate of drug-likeness (QED) is 0.830. The second kappa shape index (κ2) is 7.65. The highest BCUT2D eigenvalue weighted by Crippen LogP contribution is 2.34. The number of anilines is 1. The molecule has 2 heterocycles. The van der Waals surface area contributed by atoms with Gasteiger partial charge in [-0.25, -0.2) is 4.98 Å². The second-order valence-corrected chi connectivity index (χ2v) is 6.83. The Morgan fingerprint density at radius 1 is 1.48 bits per heavy atom. The van der Waals surface area contributed by atoms with Crippen molar-refractivity contribution in [2.45, 2.75) is 32.1 Å². The Kier molecular flexibility index (Phi) is 5.33. The van der Waals surface area contributed by atoms with Crippen molar-refractivity contribution in [3.8, 4) is 5.75 Å². The van der Waals surface area contributed by atoms with E-state index in [-0.39, 0.29) is 18.2 Å². The van der Waals surface area contributed by atoms with Crippen LogP contribution in [0.3, 0.4) is 0 Å². The van der Waals surface area contributed by atoms with Gasteiger partial charge in [-0.3, -0.25) is 9.59 Å². The molecule has 3 rings (SSSR count). The number of methoxy groups -OCH3 is 1. The van der Waals surface area contributed by atoms with Gasteiger partial charge in [0.05, 0.1) is 23.7 Å². The second-order valence-electron chi connectivity index (χ2n) is 5.89. The predicted octanol–water partition coefficient (Wildman–Crippen LogP) is 2.50. The summed E-state index contributed by atoms with van der Waals surface area (Å²) < 4.78 is 5.24. The topological polar surface area (TPSA) is 80.3 Å². The van der Waals surface area contributed by atoms with Gasteiger partial charge in [0.25, 0.3) is 0 Å². The summed E-state index contributed by atoms with van der Waals surface area (Å²) in [6, 6.07) is 5.35. The van der Waals surface area contributed by atoms with E-state index in [1.54, 1.807) is 30.6 Å². The lowest BCUT2D eigenvalue weighted by Gasteiger charge is -2.25. The third kappa shape index (κ3) is 3.99. The molecule has 7 heteroatoms. The third-order valence-corrected chi connectivity index (χ3v) is 5.24. The molecule has 0 saturated carbocycles. The number of rotatable bonds is 6. The van der Waals surface area contributed by atoms with Crippen molar-refractivity contribution in [1.29, 1.82) is 0 Å². The lowest BCUT2D eigenvalue weighted by Crippen LogP contribution is -2.36. The van der Waals surface area contributed by atoms with E-state index in [0.29, 0.717) is 24.4 Å². The number of benzene rings is 1. The number of aromatic nitrogens is 1. The van der Waals surface area contributed by atoms with Gasteiger partial charge in [-0.1, -0.05) is 6.92 Å². The van der Waals surface area contributed by atoms with Crippen LogP contribution in [-0.2, 0) is 22.4 Å². The zero-order valence-corrected chi connectivity index (χ0v) is 15.1. The molecule has 2 N–H and O–H groups in total. The van der Waals surface area contributed by atoms with E-state index < -0.39 is 5.92 Å². The van der Waals surface area contributed by atoms with E-state index in [9.17, 15) is 9.59 Å². The summed E-state index contributed by atoms with van der Waals surface area (Å²) in [5.41, 5.74) is 2.45. The maximum absolute atomic E-state index is 12.6. The lowest BCUT2D eigenvalue weighted by atomic mass is 9.89. The van der Waals surface area contributed by atoms with Crippen LogP contribution < -0.4 is 15.4 Å². The number of nitrogens with one attached hydrogen (secondary N) is 2. The van der Waals surface area contributed by atoms with Crippen LogP contribution in [-0.4, -0.2) is 30.5 Å². The summed E-state index contributed by atoms with van der Waals surface area (Å²) in [4.78, 5) is 29.0. The van der Waals surface area contributed by atoms with Crippen molar-refractivity contribution in [3.63, 3.8) is 0 Å². The molecule has 2 aromatic rings. The lowest BCUT2D eigenvalue weighted by molar-refractivity contribution is -0.126. The molecule has 0 aliphatic carbocycles. The van der Waals surface area contributed by atoms with Gasteiger partial charge in [-0.2, -0.15) is 0 Å². The first-order valence-corrected chi connectivity index (χ1v) is 9.17. The first-order chi connectivity index (χ1) is 12.1. The van der Waals surface area contributed by atoms with Crippen molar-refractivity contribution in [1.82, 2.24) is 10.3 Å². The molecule has 1 aromatic carbocycles. The smallest absolute Gasteiger partial charge is 0.228 e. The molecule has 0 radical (unpaired) electrons. The SMILES string of the molecule is CCc1nc(CCNC(=O)C2CC(=O)Nc3ccc(OC)cc32)cs1. The van der Waals surface area contributed by atoms with Gasteiger partial charge in [0, 0.05) is 30.5 Å². The zero-order valence-electron chi connectivity index (χ0n) is 14.3. The fourth-order valence-corrected chi connectivity index (χ4v) is 3.64. The highest BCUT2D eigenvalue weighted by atomic mass is 32.1. The summed E-state index contributed by atoms with van der Waals surface area (Å²) in [5.74, 6) is -0.122. The molecule has 0 bridgehead atoms. The van der Waals surface area contributed by atoms with E-state index in [1.807, 2.05) is 11.4 Å². The van der Waals surface area contributed by atoms with Crippen molar-refractivity contribution in [2.75, 3.05) is 19.0 Å². The van der Waals surface area contributed by atoms with Gasteiger partial charge in [0.2, 0.25) is 11.8 Å². The van der Waals surface area contributed by atoms with Crippen molar-refractivity contribution >= 4 is 28.8 Å². The molecule has 6 nitrogen and oxygen atoms in total. The fraction of sp³-hybridized carbons (Fsp3) is 0.389. The number of ether oxygens (including phenoxy) is 1. The molecular weight excluding hydrogens is 338 g/mol. The van der Waals surface area contributed by atoms with E-state index in [0.717, 1.165) is 22.7 Å². The molecule has 25 heavy (non-hydrogen) atoms. The minimum atomic E-state index is -0.500. The Balaban J connectivity index is 1.66. The molecule has 0 spiro atoms. The van der Waals surface area contributed by atoms with E-state index in [4.69, 9.17) is 4.74 Å². The minimum Gasteiger partial charge on any atom is -0.497 e. The largest absolute Gasteiger partial charge is 0.497 e. The van der Waals surface area contributed by atoms with Crippen LogP contribution >= 0.6 is 11.3 Å². The average Bonchev–Trinajstić information content (AvgIpc) is 3.08. The number of fused-ring (bicyclic) bond motifs is 1. The highest BCUT2D eigenvalue weighted by Gasteiger charge is 2.30. The number of hydrogen-bond acceptors (Lipinski definition) is 5. The number of aryl methyl sites for hydroxylation is 1. The number of hydrogen-bond donors (Lipinski definition) is 2.